The molecule has 0 radical (unpaired) electrons. The van der Waals surface area contributed by atoms with E-state index in [4.69, 9.17) is 0 Å². The second kappa shape index (κ2) is 7.50. The van der Waals surface area contributed by atoms with Gasteiger partial charge in [0, 0.05) is 24.3 Å². The lowest BCUT2D eigenvalue weighted by molar-refractivity contribution is -0.385. The Labute approximate surface area is 155 Å². The number of nitrogens with one attached hydrogen (secondary N) is 2. The van der Waals surface area contributed by atoms with Crippen LogP contribution in [0.4, 0.5) is 11.4 Å². The summed E-state index contributed by atoms with van der Waals surface area (Å²) in [7, 11) is 0. The number of aromatic amines is 2. The number of hydrogen-bond donors (Lipinski definition) is 2. The minimum Gasteiger partial charge on any atom is -0.316 e. The quantitative estimate of drug-likeness (QED) is 0.498. The van der Waals surface area contributed by atoms with Gasteiger partial charge in [-0.3, -0.25) is 29.8 Å². The van der Waals surface area contributed by atoms with E-state index in [1.54, 1.807) is 12.1 Å². The number of non-ortho nitro benzene ring substituents is 2. The average molecular weight is 380 g/mol. The lowest BCUT2D eigenvalue weighted by Crippen LogP contribution is -2.46. The van der Waals surface area contributed by atoms with Gasteiger partial charge in [0.15, 0.2) is 0 Å². The zero-order chi connectivity index (χ0) is 20.3. The van der Waals surface area contributed by atoms with Crippen LogP contribution in [-0.2, 0) is 0 Å². The molecule has 3 rings (SSSR count). The van der Waals surface area contributed by atoms with Crippen molar-refractivity contribution >= 4 is 23.5 Å². The number of aromatic nitrogens is 2. The molecule has 0 saturated carbocycles. The summed E-state index contributed by atoms with van der Waals surface area (Å²) in [5.74, 6) is 0. The first kappa shape index (κ1) is 18.5. The molecule has 10 heteroatoms. The van der Waals surface area contributed by atoms with Gasteiger partial charge in [-0.2, -0.15) is 0 Å². The minimum atomic E-state index is -0.622. The molecule has 1 heterocycles. The molecule has 1 aromatic heterocycles. The van der Waals surface area contributed by atoms with Crippen LogP contribution in [0.1, 0.15) is 11.1 Å². The maximum Gasteiger partial charge on any atom is 0.272 e. The molecule has 0 spiro atoms. The summed E-state index contributed by atoms with van der Waals surface area (Å²) >= 11 is 0. The smallest absolute Gasteiger partial charge is 0.272 e. The first-order chi connectivity index (χ1) is 13.3. The van der Waals surface area contributed by atoms with Crippen LogP contribution in [0.3, 0.4) is 0 Å². The van der Waals surface area contributed by atoms with Gasteiger partial charge in [-0.25, -0.2) is 0 Å². The highest BCUT2D eigenvalue weighted by Crippen LogP contribution is 2.13. The van der Waals surface area contributed by atoms with Crippen molar-refractivity contribution in [3.8, 4) is 0 Å². The highest BCUT2D eigenvalue weighted by atomic mass is 16.6. The topological polar surface area (TPSA) is 152 Å². The van der Waals surface area contributed by atoms with Crippen LogP contribution in [-0.4, -0.2) is 19.8 Å². The molecule has 0 amide bonds. The predicted molar refractivity (Wildman–Crippen MR) is 100 cm³/mol. The zero-order valence-corrected chi connectivity index (χ0v) is 14.1. The van der Waals surface area contributed by atoms with Crippen molar-refractivity contribution in [2.75, 3.05) is 0 Å². The Morgan fingerprint density at radius 2 is 1.11 bits per heavy atom. The van der Waals surface area contributed by atoms with Crippen molar-refractivity contribution < 1.29 is 9.85 Å². The second-order valence-corrected chi connectivity index (χ2v) is 5.73. The number of nitro groups is 2. The van der Waals surface area contributed by atoms with Crippen LogP contribution in [0.2, 0.25) is 0 Å². The summed E-state index contributed by atoms with van der Waals surface area (Å²) in [5.41, 5.74) is -0.812. The van der Waals surface area contributed by atoms with Crippen molar-refractivity contribution in [2.24, 2.45) is 0 Å². The van der Waals surface area contributed by atoms with E-state index in [2.05, 4.69) is 9.97 Å². The summed E-state index contributed by atoms with van der Waals surface area (Å²) in [6.45, 7) is 0. The second-order valence-electron chi connectivity index (χ2n) is 5.73. The Hall–Kier alpha value is -4.34. The minimum absolute atomic E-state index is 0.0818. The fourth-order valence-electron chi connectivity index (χ4n) is 2.49. The van der Waals surface area contributed by atoms with E-state index in [1.165, 1.54) is 48.6 Å². The highest BCUT2D eigenvalue weighted by molar-refractivity contribution is 5.53. The first-order valence-corrected chi connectivity index (χ1v) is 7.88. The van der Waals surface area contributed by atoms with Gasteiger partial charge in [-0.15, -0.1) is 0 Å². The Morgan fingerprint density at radius 1 is 0.714 bits per heavy atom. The highest BCUT2D eigenvalue weighted by Gasteiger charge is 2.06. The monoisotopic (exact) mass is 380 g/mol. The Bertz CT molecular complexity index is 1220. The lowest BCUT2D eigenvalue weighted by Gasteiger charge is -1.96. The van der Waals surface area contributed by atoms with E-state index in [1.807, 2.05) is 0 Å². The van der Waals surface area contributed by atoms with Crippen molar-refractivity contribution in [3.05, 3.63) is 111 Å². The number of hydrogen-bond acceptors (Lipinski definition) is 6. The standard InChI is InChI=1S/C18H12N4O6/c23-17-15(9-11-3-1-5-13(7-11)21(25)26)19-18(24)16(20-17)10-12-4-2-6-14(8-12)22(27)28/h1-10H,(H,19,24)(H,20,23)/b15-9-,16-10+. The van der Waals surface area contributed by atoms with E-state index >= 15 is 0 Å². The van der Waals surface area contributed by atoms with E-state index in [0.29, 0.717) is 11.1 Å². The third-order valence-corrected chi connectivity index (χ3v) is 3.77. The summed E-state index contributed by atoms with van der Waals surface area (Å²) in [5, 5.41) is 21.5. The third kappa shape index (κ3) is 4.07. The van der Waals surface area contributed by atoms with Gasteiger partial charge in [0.05, 0.1) is 9.85 Å². The van der Waals surface area contributed by atoms with Crippen molar-refractivity contribution in [3.63, 3.8) is 0 Å². The number of benzene rings is 2. The first-order valence-electron chi connectivity index (χ1n) is 7.88. The van der Waals surface area contributed by atoms with Crippen LogP contribution in [0.5, 0.6) is 0 Å². The largest absolute Gasteiger partial charge is 0.316 e. The number of H-pyrrole nitrogens is 2. The van der Waals surface area contributed by atoms with Crippen LogP contribution in [0, 0.1) is 20.2 Å². The third-order valence-electron chi connectivity index (χ3n) is 3.77. The number of rotatable bonds is 4. The maximum atomic E-state index is 12.3. The molecule has 0 aliphatic rings. The summed E-state index contributed by atoms with van der Waals surface area (Å²) in [6, 6.07) is 11.2. The summed E-state index contributed by atoms with van der Waals surface area (Å²) in [4.78, 5) is 49.9. The average Bonchev–Trinajstić information content (AvgIpc) is 2.66. The molecule has 0 aliphatic heterocycles. The number of nitrogens with zero attached hydrogens (tertiary/aromatic N) is 2. The molecule has 3 aromatic rings. The van der Waals surface area contributed by atoms with E-state index in [9.17, 15) is 29.8 Å². The van der Waals surface area contributed by atoms with E-state index in [0.717, 1.165) is 0 Å². The van der Waals surface area contributed by atoms with Gasteiger partial charge in [0.2, 0.25) is 0 Å². The maximum absolute atomic E-state index is 12.3. The van der Waals surface area contributed by atoms with Gasteiger partial charge >= 0.3 is 0 Å². The molecular weight excluding hydrogens is 368 g/mol. The van der Waals surface area contributed by atoms with Crippen LogP contribution in [0.25, 0.3) is 12.2 Å². The molecule has 0 bridgehead atoms. The van der Waals surface area contributed by atoms with Gasteiger partial charge in [0.25, 0.3) is 22.5 Å². The van der Waals surface area contributed by atoms with Gasteiger partial charge in [-0.1, -0.05) is 24.3 Å². The molecular formula is C18H12N4O6. The van der Waals surface area contributed by atoms with Gasteiger partial charge in [-0.05, 0) is 23.3 Å². The fraction of sp³-hybridized carbons (Fsp3) is 0. The molecule has 140 valence electrons. The lowest BCUT2D eigenvalue weighted by atomic mass is 10.2. The van der Waals surface area contributed by atoms with Crippen molar-refractivity contribution in [2.45, 2.75) is 0 Å². The summed E-state index contributed by atoms with van der Waals surface area (Å²) < 4.78 is 0. The van der Waals surface area contributed by atoms with Crippen LogP contribution < -0.4 is 21.8 Å². The molecule has 0 saturated heterocycles. The zero-order valence-electron chi connectivity index (χ0n) is 14.1. The molecule has 28 heavy (non-hydrogen) atoms. The molecule has 10 nitrogen and oxygen atoms in total. The molecule has 2 N–H and O–H groups in total. The SMILES string of the molecule is O=c1[nH]/c(=C/c2cccc([N+](=O)[O-])c2)c(=O)[nH]/c1=C\c1cccc([N+](=O)[O-])c1. The number of nitro benzene ring substituents is 2. The molecule has 0 atom stereocenters. The van der Waals surface area contributed by atoms with Crippen molar-refractivity contribution in [1.29, 1.82) is 0 Å². The predicted octanol–water partition coefficient (Wildman–Crippen LogP) is 0.537. The molecule has 0 unspecified atom stereocenters. The van der Waals surface area contributed by atoms with E-state index in [-0.39, 0.29) is 22.1 Å². The van der Waals surface area contributed by atoms with Gasteiger partial charge in [0.1, 0.15) is 10.7 Å². The van der Waals surface area contributed by atoms with Crippen molar-refractivity contribution in [1.82, 2.24) is 9.97 Å². The van der Waals surface area contributed by atoms with Crippen LogP contribution in [0.15, 0.2) is 58.1 Å². The molecule has 0 aliphatic carbocycles. The van der Waals surface area contributed by atoms with Gasteiger partial charge < -0.3 is 9.97 Å². The normalized spacial score (nSPS) is 12.1. The fourth-order valence-corrected chi connectivity index (χ4v) is 2.49. The molecule has 0 fully saturated rings. The summed E-state index contributed by atoms with van der Waals surface area (Å²) in [6.07, 6.45) is 2.62. The molecule has 2 aromatic carbocycles. The Morgan fingerprint density at radius 3 is 1.46 bits per heavy atom. The Balaban J connectivity index is 2.09. The van der Waals surface area contributed by atoms with E-state index < -0.39 is 21.0 Å². The Kier molecular flexibility index (Phi) is 4.94. The van der Waals surface area contributed by atoms with Crippen LogP contribution >= 0.6 is 0 Å².